The van der Waals surface area contributed by atoms with Gasteiger partial charge in [0, 0.05) is 11.7 Å². The molecule has 2 aromatic carbocycles. The van der Waals surface area contributed by atoms with Gasteiger partial charge in [-0.2, -0.15) is 0 Å². The molecule has 0 aromatic heterocycles. The zero-order chi connectivity index (χ0) is 15.2. The largest absolute Gasteiger partial charge is 0.382 e. The Morgan fingerprint density at radius 1 is 1.05 bits per heavy atom. The van der Waals surface area contributed by atoms with Crippen LogP contribution in [0, 0.1) is 13.8 Å². The molecule has 0 aliphatic heterocycles. The number of anilines is 1. The van der Waals surface area contributed by atoms with Crippen LogP contribution in [0.5, 0.6) is 0 Å². The van der Waals surface area contributed by atoms with E-state index in [0.29, 0.717) is 6.04 Å². The summed E-state index contributed by atoms with van der Waals surface area (Å²) in [4.78, 5) is 0. The molecule has 1 unspecified atom stereocenters. The molecule has 1 N–H and O–H groups in total. The minimum absolute atomic E-state index is 0.483. The van der Waals surface area contributed by atoms with Crippen molar-refractivity contribution in [3.05, 3.63) is 64.7 Å². The first-order chi connectivity index (χ1) is 10.1. The van der Waals surface area contributed by atoms with Crippen molar-refractivity contribution < 1.29 is 0 Å². The minimum Gasteiger partial charge on any atom is -0.382 e. The Bertz CT molecular complexity index is 586. The van der Waals surface area contributed by atoms with Crippen LogP contribution >= 0.6 is 0 Å². The molecule has 1 atom stereocenters. The Labute approximate surface area is 129 Å². The normalized spacial score (nSPS) is 12.2. The van der Waals surface area contributed by atoms with Crippen LogP contribution < -0.4 is 5.32 Å². The van der Waals surface area contributed by atoms with Gasteiger partial charge in [-0.05, 0) is 56.7 Å². The lowest BCUT2D eigenvalue weighted by Crippen LogP contribution is -2.18. The van der Waals surface area contributed by atoms with E-state index in [1.807, 2.05) is 0 Å². The molecule has 21 heavy (non-hydrogen) atoms. The fourth-order valence-corrected chi connectivity index (χ4v) is 2.80. The van der Waals surface area contributed by atoms with Gasteiger partial charge in [-0.1, -0.05) is 55.0 Å². The SMILES string of the molecule is CCc1cccc(C)c1NC(C)CCc1cccc(C)c1. The summed E-state index contributed by atoms with van der Waals surface area (Å²) in [6.07, 6.45) is 3.36. The highest BCUT2D eigenvalue weighted by Crippen LogP contribution is 2.22. The maximum Gasteiger partial charge on any atom is 0.0404 e. The van der Waals surface area contributed by atoms with Gasteiger partial charge in [0.05, 0.1) is 0 Å². The third-order valence-electron chi connectivity index (χ3n) is 4.08. The van der Waals surface area contributed by atoms with Crippen LogP contribution in [0.1, 0.15) is 42.5 Å². The van der Waals surface area contributed by atoms with E-state index >= 15 is 0 Å². The van der Waals surface area contributed by atoms with Gasteiger partial charge < -0.3 is 5.32 Å². The third kappa shape index (κ3) is 4.35. The van der Waals surface area contributed by atoms with E-state index in [4.69, 9.17) is 0 Å². The molecule has 1 heteroatoms. The molecular formula is C20H27N. The second kappa shape index (κ2) is 7.31. The first kappa shape index (κ1) is 15.6. The van der Waals surface area contributed by atoms with Crippen LogP contribution in [0.2, 0.25) is 0 Å². The van der Waals surface area contributed by atoms with E-state index in [9.17, 15) is 0 Å². The van der Waals surface area contributed by atoms with E-state index < -0.39 is 0 Å². The standard InChI is InChI=1S/C20H27N/c1-5-19-11-7-9-16(3)20(19)21-17(4)12-13-18-10-6-8-15(2)14-18/h6-11,14,17,21H,5,12-13H2,1-4H3. The highest BCUT2D eigenvalue weighted by atomic mass is 14.9. The maximum absolute atomic E-state index is 3.71. The molecule has 0 fully saturated rings. The lowest BCUT2D eigenvalue weighted by Gasteiger charge is -2.20. The number of rotatable bonds is 6. The summed E-state index contributed by atoms with van der Waals surface area (Å²) in [6.45, 7) is 8.85. The van der Waals surface area contributed by atoms with Crippen LogP contribution in [0.15, 0.2) is 42.5 Å². The predicted molar refractivity (Wildman–Crippen MR) is 93.1 cm³/mol. The van der Waals surface area contributed by atoms with Crippen LogP contribution in [0.25, 0.3) is 0 Å². The second-order valence-electron chi connectivity index (χ2n) is 6.04. The van der Waals surface area contributed by atoms with Gasteiger partial charge in [-0.3, -0.25) is 0 Å². The highest BCUT2D eigenvalue weighted by molar-refractivity contribution is 5.57. The zero-order valence-electron chi connectivity index (χ0n) is 13.7. The van der Waals surface area contributed by atoms with E-state index in [2.05, 4.69) is 75.5 Å². The van der Waals surface area contributed by atoms with Crippen molar-refractivity contribution in [1.29, 1.82) is 0 Å². The number of nitrogens with one attached hydrogen (secondary N) is 1. The zero-order valence-corrected chi connectivity index (χ0v) is 13.7. The number of benzene rings is 2. The van der Waals surface area contributed by atoms with Crippen molar-refractivity contribution in [2.24, 2.45) is 0 Å². The van der Waals surface area contributed by atoms with E-state index in [0.717, 1.165) is 19.3 Å². The van der Waals surface area contributed by atoms with Crippen molar-refractivity contribution in [3.63, 3.8) is 0 Å². The second-order valence-corrected chi connectivity index (χ2v) is 6.04. The van der Waals surface area contributed by atoms with Gasteiger partial charge in [0.25, 0.3) is 0 Å². The predicted octanol–water partition coefficient (Wildman–Crippen LogP) is 5.30. The van der Waals surface area contributed by atoms with Crippen LogP contribution in [0.4, 0.5) is 5.69 Å². The average molecular weight is 281 g/mol. The van der Waals surface area contributed by atoms with Crippen LogP contribution in [-0.4, -0.2) is 6.04 Å². The summed E-state index contributed by atoms with van der Waals surface area (Å²) in [5.74, 6) is 0. The Balaban J connectivity index is 1.97. The Morgan fingerprint density at radius 3 is 2.52 bits per heavy atom. The van der Waals surface area contributed by atoms with Gasteiger partial charge in [0.2, 0.25) is 0 Å². The molecule has 0 aliphatic rings. The lowest BCUT2D eigenvalue weighted by molar-refractivity contribution is 0.704. The van der Waals surface area contributed by atoms with Crippen molar-refractivity contribution in [1.82, 2.24) is 0 Å². The molecule has 2 rings (SSSR count). The third-order valence-corrected chi connectivity index (χ3v) is 4.08. The monoisotopic (exact) mass is 281 g/mol. The molecule has 0 amide bonds. The summed E-state index contributed by atoms with van der Waals surface area (Å²) in [5, 5.41) is 3.71. The molecule has 0 saturated heterocycles. The number of aryl methyl sites for hydroxylation is 4. The first-order valence-corrected chi connectivity index (χ1v) is 8.00. The van der Waals surface area contributed by atoms with Gasteiger partial charge >= 0.3 is 0 Å². The minimum atomic E-state index is 0.483. The Morgan fingerprint density at radius 2 is 1.81 bits per heavy atom. The smallest absolute Gasteiger partial charge is 0.0404 e. The topological polar surface area (TPSA) is 12.0 Å². The van der Waals surface area contributed by atoms with Crippen LogP contribution in [0.3, 0.4) is 0 Å². The number of hydrogen-bond acceptors (Lipinski definition) is 1. The van der Waals surface area contributed by atoms with Gasteiger partial charge in [0.15, 0.2) is 0 Å². The maximum atomic E-state index is 3.71. The summed E-state index contributed by atoms with van der Waals surface area (Å²) in [7, 11) is 0. The van der Waals surface area contributed by atoms with Gasteiger partial charge in [0.1, 0.15) is 0 Å². The average Bonchev–Trinajstić information content (AvgIpc) is 2.47. The molecule has 2 aromatic rings. The van der Waals surface area contributed by atoms with E-state index in [-0.39, 0.29) is 0 Å². The molecule has 0 heterocycles. The first-order valence-electron chi connectivity index (χ1n) is 8.00. The molecule has 0 spiro atoms. The lowest BCUT2D eigenvalue weighted by atomic mass is 10.0. The van der Waals surface area contributed by atoms with Crippen molar-refractivity contribution in [2.75, 3.05) is 5.32 Å². The number of hydrogen-bond donors (Lipinski definition) is 1. The van der Waals surface area contributed by atoms with Crippen molar-refractivity contribution in [3.8, 4) is 0 Å². The fraction of sp³-hybridized carbons (Fsp3) is 0.400. The van der Waals surface area contributed by atoms with E-state index in [1.165, 1.54) is 27.9 Å². The fourth-order valence-electron chi connectivity index (χ4n) is 2.80. The summed E-state index contributed by atoms with van der Waals surface area (Å²) in [6, 6.07) is 15.9. The van der Waals surface area contributed by atoms with Crippen LogP contribution in [-0.2, 0) is 12.8 Å². The van der Waals surface area contributed by atoms with Gasteiger partial charge in [-0.15, -0.1) is 0 Å². The summed E-state index contributed by atoms with van der Waals surface area (Å²) in [5.41, 5.74) is 6.87. The number of para-hydroxylation sites is 1. The molecular weight excluding hydrogens is 254 g/mol. The highest BCUT2D eigenvalue weighted by Gasteiger charge is 2.08. The van der Waals surface area contributed by atoms with Crippen molar-refractivity contribution >= 4 is 5.69 Å². The Hall–Kier alpha value is -1.76. The quantitative estimate of drug-likeness (QED) is 0.757. The summed E-state index contributed by atoms with van der Waals surface area (Å²) >= 11 is 0. The summed E-state index contributed by atoms with van der Waals surface area (Å²) < 4.78 is 0. The Kier molecular flexibility index (Phi) is 5.44. The van der Waals surface area contributed by atoms with E-state index in [1.54, 1.807) is 0 Å². The van der Waals surface area contributed by atoms with Crippen molar-refractivity contribution in [2.45, 2.75) is 53.0 Å². The molecule has 112 valence electrons. The molecule has 0 aliphatic carbocycles. The molecule has 1 nitrogen and oxygen atoms in total. The molecule has 0 bridgehead atoms. The molecule has 0 saturated carbocycles. The van der Waals surface area contributed by atoms with Gasteiger partial charge in [-0.25, -0.2) is 0 Å². The molecule has 0 radical (unpaired) electrons.